The molecule has 0 spiro atoms. The summed E-state index contributed by atoms with van der Waals surface area (Å²) in [6.07, 6.45) is 5.02. The summed E-state index contributed by atoms with van der Waals surface area (Å²) in [5.41, 5.74) is 7.19. The van der Waals surface area contributed by atoms with Crippen molar-refractivity contribution in [1.29, 1.82) is 5.26 Å². The number of nitriles is 1. The van der Waals surface area contributed by atoms with Crippen molar-refractivity contribution in [3.8, 4) is 17.6 Å². The van der Waals surface area contributed by atoms with Crippen molar-refractivity contribution in [2.24, 2.45) is 5.73 Å². The van der Waals surface area contributed by atoms with Gasteiger partial charge in [0.05, 0.1) is 12.2 Å². The Hall–Kier alpha value is -3.31. The summed E-state index contributed by atoms with van der Waals surface area (Å²) in [5, 5.41) is 22.3. The van der Waals surface area contributed by atoms with Crippen LogP contribution >= 0.6 is 11.3 Å². The zero-order chi connectivity index (χ0) is 21.0. The van der Waals surface area contributed by atoms with Crippen LogP contribution in [0.3, 0.4) is 0 Å². The van der Waals surface area contributed by atoms with Crippen LogP contribution in [0.25, 0.3) is 6.08 Å². The van der Waals surface area contributed by atoms with Crippen LogP contribution in [0.4, 0.5) is 5.00 Å². The number of nitrogens with zero attached hydrogens (tertiary/aromatic N) is 1. The van der Waals surface area contributed by atoms with Crippen LogP contribution < -0.4 is 15.8 Å². The highest BCUT2D eigenvalue weighted by atomic mass is 32.1. The molecule has 7 nitrogen and oxygen atoms in total. The van der Waals surface area contributed by atoms with E-state index in [0.717, 1.165) is 36.1 Å². The lowest BCUT2D eigenvalue weighted by Crippen LogP contribution is -2.19. The minimum absolute atomic E-state index is 0.0257. The number of phenolic OH excluding ortho intramolecular Hbond substituents is 1. The molecular weight excluding hydrogens is 390 g/mol. The third-order valence-corrected chi connectivity index (χ3v) is 5.81. The summed E-state index contributed by atoms with van der Waals surface area (Å²) in [5.74, 6) is -0.968. The van der Waals surface area contributed by atoms with Gasteiger partial charge in [-0.05, 0) is 61.9 Å². The number of ether oxygens (including phenoxy) is 1. The van der Waals surface area contributed by atoms with Crippen LogP contribution in [0.5, 0.6) is 11.5 Å². The van der Waals surface area contributed by atoms with Gasteiger partial charge >= 0.3 is 0 Å². The van der Waals surface area contributed by atoms with Crippen molar-refractivity contribution in [2.45, 2.75) is 32.6 Å². The zero-order valence-electron chi connectivity index (χ0n) is 15.9. The number of hydrogen-bond donors (Lipinski definition) is 3. The highest BCUT2D eigenvalue weighted by Crippen LogP contribution is 2.38. The highest BCUT2D eigenvalue weighted by molar-refractivity contribution is 7.17. The van der Waals surface area contributed by atoms with Gasteiger partial charge in [0.1, 0.15) is 16.6 Å². The van der Waals surface area contributed by atoms with Crippen LogP contribution in [-0.4, -0.2) is 23.5 Å². The molecule has 0 bridgehead atoms. The third kappa shape index (κ3) is 4.41. The maximum absolute atomic E-state index is 12.7. The van der Waals surface area contributed by atoms with Crippen LogP contribution in [0.2, 0.25) is 0 Å². The minimum Gasteiger partial charge on any atom is -0.504 e. The number of thiophene rings is 1. The van der Waals surface area contributed by atoms with E-state index in [9.17, 15) is 20.0 Å². The first-order chi connectivity index (χ1) is 13.9. The van der Waals surface area contributed by atoms with Gasteiger partial charge in [0.2, 0.25) is 0 Å². The van der Waals surface area contributed by atoms with Gasteiger partial charge in [-0.1, -0.05) is 6.07 Å². The highest BCUT2D eigenvalue weighted by Gasteiger charge is 2.25. The SMILES string of the molecule is CCOc1cc(/C=C(/C#N)C(=O)Nc2sc3c(c2C(N)=O)CCCC3)ccc1O. The summed E-state index contributed by atoms with van der Waals surface area (Å²) in [4.78, 5) is 25.7. The summed E-state index contributed by atoms with van der Waals surface area (Å²) in [6.45, 7) is 2.15. The first-order valence-corrected chi connectivity index (χ1v) is 10.1. The Bertz CT molecular complexity index is 1030. The third-order valence-electron chi connectivity index (χ3n) is 4.60. The molecule has 0 saturated carbocycles. The van der Waals surface area contributed by atoms with Gasteiger partial charge in [0.25, 0.3) is 11.8 Å². The number of hydrogen-bond acceptors (Lipinski definition) is 6. The number of nitrogens with one attached hydrogen (secondary N) is 1. The number of amides is 2. The number of aryl methyl sites for hydroxylation is 1. The number of carbonyl (C=O) groups excluding carboxylic acids is 2. The molecule has 1 aromatic heterocycles. The predicted octanol–water partition coefficient (Wildman–Crippen LogP) is 3.38. The molecular formula is C21H21N3O4S. The van der Waals surface area contributed by atoms with Crippen molar-refractivity contribution in [2.75, 3.05) is 11.9 Å². The van der Waals surface area contributed by atoms with Crippen molar-refractivity contribution < 1.29 is 19.4 Å². The number of nitrogens with two attached hydrogens (primary N) is 1. The van der Waals surface area contributed by atoms with E-state index in [1.54, 1.807) is 19.1 Å². The second kappa shape index (κ2) is 8.80. The topological polar surface area (TPSA) is 125 Å². The van der Waals surface area contributed by atoms with Gasteiger partial charge in [0, 0.05) is 4.88 Å². The van der Waals surface area contributed by atoms with E-state index in [2.05, 4.69) is 5.32 Å². The molecule has 0 aliphatic heterocycles. The second-order valence-corrected chi connectivity index (χ2v) is 7.67. The van der Waals surface area contributed by atoms with Crippen molar-refractivity contribution in [3.63, 3.8) is 0 Å². The fourth-order valence-corrected chi connectivity index (χ4v) is 4.58. The molecule has 8 heteroatoms. The lowest BCUT2D eigenvalue weighted by Gasteiger charge is -2.11. The fourth-order valence-electron chi connectivity index (χ4n) is 3.29. The number of fused-ring (bicyclic) bond motifs is 1. The van der Waals surface area contributed by atoms with Gasteiger partial charge in [-0.3, -0.25) is 9.59 Å². The maximum Gasteiger partial charge on any atom is 0.266 e. The Kier molecular flexibility index (Phi) is 6.20. The molecule has 3 rings (SSSR count). The van der Waals surface area contributed by atoms with Gasteiger partial charge in [-0.2, -0.15) is 5.26 Å². The first kappa shape index (κ1) is 20.4. The number of phenols is 1. The summed E-state index contributed by atoms with van der Waals surface area (Å²) < 4.78 is 5.32. The predicted molar refractivity (Wildman–Crippen MR) is 111 cm³/mol. The van der Waals surface area contributed by atoms with Crippen molar-refractivity contribution in [1.82, 2.24) is 0 Å². The lowest BCUT2D eigenvalue weighted by atomic mass is 9.95. The maximum atomic E-state index is 12.7. The fraction of sp³-hybridized carbons (Fsp3) is 0.286. The molecule has 1 aliphatic carbocycles. The van der Waals surface area contributed by atoms with Crippen molar-refractivity contribution in [3.05, 3.63) is 45.3 Å². The number of carbonyl (C=O) groups is 2. The molecule has 2 aromatic rings. The van der Waals surface area contributed by atoms with Gasteiger partial charge in [-0.15, -0.1) is 11.3 Å². The van der Waals surface area contributed by atoms with E-state index in [4.69, 9.17) is 10.5 Å². The molecule has 0 fully saturated rings. The Morgan fingerprint density at radius 3 is 2.83 bits per heavy atom. The lowest BCUT2D eigenvalue weighted by molar-refractivity contribution is -0.112. The van der Waals surface area contributed by atoms with E-state index < -0.39 is 11.8 Å². The van der Waals surface area contributed by atoms with Crippen LogP contribution in [0.1, 0.15) is 46.1 Å². The zero-order valence-corrected chi connectivity index (χ0v) is 16.8. The molecule has 4 N–H and O–H groups in total. The number of anilines is 1. The number of rotatable bonds is 6. The second-order valence-electron chi connectivity index (χ2n) is 6.56. The minimum atomic E-state index is -0.625. The van der Waals surface area contributed by atoms with Gasteiger partial charge in [0.15, 0.2) is 11.5 Å². The summed E-state index contributed by atoms with van der Waals surface area (Å²) in [6, 6.07) is 6.43. The largest absolute Gasteiger partial charge is 0.504 e. The molecule has 0 saturated heterocycles. The van der Waals surface area contributed by atoms with E-state index >= 15 is 0 Å². The molecule has 0 radical (unpaired) electrons. The molecule has 1 heterocycles. The summed E-state index contributed by atoms with van der Waals surface area (Å²) >= 11 is 1.34. The smallest absolute Gasteiger partial charge is 0.266 e. The molecule has 0 atom stereocenters. The molecule has 150 valence electrons. The van der Waals surface area contributed by atoms with E-state index in [0.29, 0.717) is 22.7 Å². The summed E-state index contributed by atoms with van der Waals surface area (Å²) in [7, 11) is 0. The van der Waals surface area contributed by atoms with Crippen LogP contribution in [0, 0.1) is 11.3 Å². The Morgan fingerprint density at radius 1 is 1.38 bits per heavy atom. The number of benzene rings is 1. The molecule has 1 aromatic carbocycles. The van der Waals surface area contributed by atoms with Crippen LogP contribution in [0.15, 0.2) is 23.8 Å². The average Bonchev–Trinajstić information content (AvgIpc) is 3.06. The first-order valence-electron chi connectivity index (χ1n) is 9.27. The standard InChI is InChI=1S/C21H21N3O4S/c1-2-28-16-10-12(7-8-15(16)25)9-13(11-22)20(27)24-21-18(19(23)26)14-5-3-4-6-17(14)29-21/h7-10,25H,2-6H2,1H3,(H2,23,26)(H,24,27)/b13-9-. The van der Waals surface area contributed by atoms with E-state index in [1.807, 2.05) is 6.07 Å². The normalized spacial score (nSPS) is 13.3. The Balaban J connectivity index is 1.89. The number of primary amides is 1. The van der Waals surface area contributed by atoms with Crippen LogP contribution in [-0.2, 0) is 17.6 Å². The number of aromatic hydroxyl groups is 1. The Morgan fingerprint density at radius 2 is 2.14 bits per heavy atom. The molecule has 1 aliphatic rings. The van der Waals surface area contributed by atoms with E-state index in [1.165, 1.54) is 23.5 Å². The molecule has 0 unspecified atom stereocenters. The van der Waals surface area contributed by atoms with Gasteiger partial charge in [-0.25, -0.2) is 0 Å². The molecule has 29 heavy (non-hydrogen) atoms. The van der Waals surface area contributed by atoms with Crippen molar-refractivity contribution >= 4 is 34.2 Å². The van der Waals surface area contributed by atoms with Gasteiger partial charge < -0.3 is 20.9 Å². The monoisotopic (exact) mass is 411 g/mol. The quantitative estimate of drug-likeness (QED) is 0.496. The Labute approximate surface area is 172 Å². The average molecular weight is 411 g/mol. The van der Waals surface area contributed by atoms with E-state index in [-0.39, 0.29) is 17.1 Å². The molecule has 2 amide bonds.